The van der Waals surface area contributed by atoms with Crippen molar-refractivity contribution in [2.75, 3.05) is 5.32 Å². The van der Waals surface area contributed by atoms with E-state index in [0.717, 1.165) is 46.6 Å². The highest BCUT2D eigenvalue weighted by atomic mass is 16.1. The molecule has 25 heavy (non-hydrogen) atoms. The van der Waals surface area contributed by atoms with Gasteiger partial charge in [0.2, 0.25) is 0 Å². The van der Waals surface area contributed by atoms with Gasteiger partial charge >= 0.3 is 0 Å². The third-order valence-corrected chi connectivity index (χ3v) is 4.11. The number of aryl methyl sites for hydroxylation is 3. The third kappa shape index (κ3) is 3.39. The zero-order chi connectivity index (χ0) is 18.0. The minimum atomic E-state index is -0.163. The summed E-state index contributed by atoms with van der Waals surface area (Å²) in [5.74, 6) is -0.163. The molecule has 3 rings (SSSR count). The first-order valence-corrected chi connectivity index (χ1v) is 8.48. The van der Waals surface area contributed by atoms with Crippen LogP contribution < -0.4 is 11.1 Å². The van der Waals surface area contributed by atoms with Gasteiger partial charge in [0, 0.05) is 24.5 Å². The smallest absolute Gasteiger partial charge is 0.256 e. The summed E-state index contributed by atoms with van der Waals surface area (Å²) in [6.45, 7) is 7.11. The molecule has 1 amide bonds. The Morgan fingerprint density at radius 2 is 2.08 bits per heavy atom. The average molecular weight is 337 g/mol. The van der Waals surface area contributed by atoms with Crippen LogP contribution in [0.25, 0.3) is 11.0 Å². The number of amides is 1. The van der Waals surface area contributed by atoms with Gasteiger partial charge in [0.25, 0.3) is 5.91 Å². The van der Waals surface area contributed by atoms with Gasteiger partial charge in [-0.15, -0.1) is 0 Å². The highest BCUT2D eigenvalue weighted by molar-refractivity contribution is 6.12. The molecule has 0 aliphatic heterocycles. The molecule has 0 saturated carbocycles. The van der Waals surface area contributed by atoms with E-state index in [0.29, 0.717) is 12.1 Å². The number of carbonyl (C=O) groups is 1. The largest absolute Gasteiger partial charge is 0.326 e. The van der Waals surface area contributed by atoms with E-state index in [9.17, 15) is 4.79 Å². The molecule has 0 bridgehead atoms. The molecule has 0 saturated heterocycles. The summed E-state index contributed by atoms with van der Waals surface area (Å²) in [5.41, 5.74) is 10.4. The lowest BCUT2D eigenvalue weighted by Crippen LogP contribution is -2.14. The molecule has 3 aromatic rings. The molecule has 0 aliphatic rings. The molecule has 0 spiro atoms. The fourth-order valence-corrected chi connectivity index (χ4v) is 3.00. The van der Waals surface area contributed by atoms with Crippen molar-refractivity contribution in [2.24, 2.45) is 5.73 Å². The summed E-state index contributed by atoms with van der Waals surface area (Å²) >= 11 is 0. The standard InChI is InChI=1S/C19H23N5O/c1-4-8-24-18-17(13(3)23-24)16(9-12(2)21-18)19(25)22-15-7-5-6-14(10-15)11-20/h5-7,9-10H,4,8,11,20H2,1-3H3,(H,22,25). The van der Waals surface area contributed by atoms with Crippen molar-refractivity contribution in [1.29, 1.82) is 0 Å². The molecule has 0 radical (unpaired) electrons. The van der Waals surface area contributed by atoms with Crippen molar-refractivity contribution >= 4 is 22.6 Å². The number of nitrogens with one attached hydrogen (secondary N) is 1. The quantitative estimate of drug-likeness (QED) is 0.749. The molecule has 3 N–H and O–H groups in total. The van der Waals surface area contributed by atoms with Crippen molar-refractivity contribution < 1.29 is 4.79 Å². The number of aromatic nitrogens is 3. The van der Waals surface area contributed by atoms with E-state index < -0.39 is 0 Å². The van der Waals surface area contributed by atoms with Crippen LogP contribution in [0, 0.1) is 13.8 Å². The maximum atomic E-state index is 12.9. The van der Waals surface area contributed by atoms with E-state index in [1.54, 1.807) is 0 Å². The molecule has 0 atom stereocenters. The van der Waals surface area contributed by atoms with E-state index >= 15 is 0 Å². The number of benzene rings is 1. The zero-order valence-corrected chi connectivity index (χ0v) is 14.8. The van der Waals surface area contributed by atoms with E-state index in [1.165, 1.54) is 0 Å². The Hall–Kier alpha value is -2.73. The molecular weight excluding hydrogens is 314 g/mol. The van der Waals surface area contributed by atoms with Crippen LogP contribution in [0.15, 0.2) is 30.3 Å². The van der Waals surface area contributed by atoms with Gasteiger partial charge in [-0.3, -0.25) is 4.79 Å². The number of hydrogen-bond acceptors (Lipinski definition) is 4. The predicted octanol–water partition coefficient (Wildman–Crippen LogP) is 3.17. The minimum Gasteiger partial charge on any atom is -0.326 e. The first-order valence-electron chi connectivity index (χ1n) is 8.48. The summed E-state index contributed by atoms with van der Waals surface area (Å²) in [4.78, 5) is 17.5. The molecule has 2 heterocycles. The fraction of sp³-hybridized carbons (Fsp3) is 0.316. The van der Waals surface area contributed by atoms with Gasteiger partial charge in [0.15, 0.2) is 5.65 Å². The van der Waals surface area contributed by atoms with Crippen LogP contribution in [0.2, 0.25) is 0 Å². The number of carbonyl (C=O) groups excluding carboxylic acids is 1. The highest BCUT2D eigenvalue weighted by Gasteiger charge is 2.18. The Labute approximate surface area is 147 Å². The predicted molar refractivity (Wildman–Crippen MR) is 99.6 cm³/mol. The monoisotopic (exact) mass is 337 g/mol. The lowest BCUT2D eigenvalue weighted by molar-refractivity contribution is 0.102. The van der Waals surface area contributed by atoms with E-state index in [1.807, 2.05) is 48.9 Å². The summed E-state index contributed by atoms with van der Waals surface area (Å²) < 4.78 is 1.88. The van der Waals surface area contributed by atoms with Crippen molar-refractivity contribution in [3.63, 3.8) is 0 Å². The van der Waals surface area contributed by atoms with Crippen molar-refractivity contribution in [2.45, 2.75) is 40.3 Å². The Balaban J connectivity index is 2.03. The second kappa shape index (κ2) is 7.03. The average Bonchev–Trinajstić information content (AvgIpc) is 2.90. The maximum absolute atomic E-state index is 12.9. The van der Waals surface area contributed by atoms with Crippen LogP contribution in [0.1, 0.15) is 40.7 Å². The fourth-order valence-electron chi connectivity index (χ4n) is 3.00. The first-order chi connectivity index (χ1) is 12.0. The molecule has 0 unspecified atom stereocenters. The lowest BCUT2D eigenvalue weighted by atomic mass is 10.1. The van der Waals surface area contributed by atoms with Crippen molar-refractivity contribution in [1.82, 2.24) is 14.8 Å². The highest BCUT2D eigenvalue weighted by Crippen LogP contribution is 2.24. The number of hydrogen-bond donors (Lipinski definition) is 2. The van der Waals surface area contributed by atoms with Crippen LogP contribution in [0.4, 0.5) is 5.69 Å². The number of anilines is 1. The van der Waals surface area contributed by atoms with Gasteiger partial charge in [0.05, 0.1) is 16.6 Å². The third-order valence-electron chi connectivity index (χ3n) is 4.11. The molecule has 6 heteroatoms. The summed E-state index contributed by atoms with van der Waals surface area (Å²) in [5, 5.41) is 8.33. The summed E-state index contributed by atoms with van der Waals surface area (Å²) in [7, 11) is 0. The zero-order valence-electron chi connectivity index (χ0n) is 14.8. The van der Waals surface area contributed by atoms with E-state index in [4.69, 9.17) is 5.73 Å². The number of nitrogens with zero attached hydrogens (tertiary/aromatic N) is 3. The molecule has 6 nitrogen and oxygen atoms in total. The first kappa shape index (κ1) is 17.1. The second-order valence-electron chi connectivity index (χ2n) is 6.18. The molecule has 2 aromatic heterocycles. The molecule has 0 fully saturated rings. The maximum Gasteiger partial charge on any atom is 0.256 e. The van der Waals surface area contributed by atoms with Gasteiger partial charge < -0.3 is 11.1 Å². The van der Waals surface area contributed by atoms with Crippen LogP contribution in [0.3, 0.4) is 0 Å². The SMILES string of the molecule is CCCn1nc(C)c2c(C(=O)Nc3cccc(CN)c3)cc(C)nc21. The number of rotatable bonds is 5. The van der Waals surface area contributed by atoms with Crippen LogP contribution in [0.5, 0.6) is 0 Å². The van der Waals surface area contributed by atoms with E-state index in [-0.39, 0.29) is 5.91 Å². The van der Waals surface area contributed by atoms with Gasteiger partial charge in [-0.1, -0.05) is 19.1 Å². The Kier molecular flexibility index (Phi) is 4.81. The van der Waals surface area contributed by atoms with Gasteiger partial charge in [-0.25, -0.2) is 9.67 Å². The number of pyridine rings is 1. The molecular formula is C19H23N5O. The Bertz CT molecular complexity index is 929. The molecule has 1 aromatic carbocycles. The Morgan fingerprint density at radius 3 is 2.80 bits per heavy atom. The van der Waals surface area contributed by atoms with E-state index in [2.05, 4.69) is 22.3 Å². The number of nitrogens with two attached hydrogens (primary N) is 1. The van der Waals surface area contributed by atoms with Crippen molar-refractivity contribution in [3.8, 4) is 0 Å². The van der Waals surface area contributed by atoms with Crippen molar-refractivity contribution in [3.05, 3.63) is 52.8 Å². The second-order valence-corrected chi connectivity index (χ2v) is 6.18. The van der Waals surface area contributed by atoms with Gasteiger partial charge in [-0.05, 0) is 44.0 Å². The van der Waals surface area contributed by atoms with Crippen LogP contribution in [-0.4, -0.2) is 20.7 Å². The van der Waals surface area contributed by atoms with Crippen LogP contribution in [-0.2, 0) is 13.1 Å². The number of fused-ring (bicyclic) bond motifs is 1. The normalized spacial score (nSPS) is 11.0. The summed E-state index contributed by atoms with van der Waals surface area (Å²) in [6.07, 6.45) is 0.958. The van der Waals surface area contributed by atoms with Crippen LogP contribution >= 0.6 is 0 Å². The topological polar surface area (TPSA) is 85.8 Å². The molecule has 130 valence electrons. The van der Waals surface area contributed by atoms with Gasteiger partial charge in [-0.2, -0.15) is 5.10 Å². The molecule has 0 aliphatic carbocycles. The minimum absolute atomic E-state index is 0.163. The Morgan fingerprint density at radius 1 is 1.28 bits per heavy atom. The van der Waals surface area contributed by atoms with Gasteiger partial charge in [0.1, 0.15) is 0 Å². The summed E-state index contributed by atoms with van der Waals surface area (Å²) in [6, 6.07) is 9.38. The lowest BCUT2D eigenvalue weighted by Gasteiger charge is -2.09.